The van der Waals surface area contributed by atoms with Gasteiger partial charge in [0, 0.05) is 0 Å². The second kappa shape index (κ2) is 2.81. The summed E-state index contributed by atoms with van der Waals surface area (Å²) in [5.74, 6) is -1.50. The van der Waals surface area contributed by atoms with Gasteiger partial charge >= 0.3 is 17.7 Å². The van der Waals surface area contributed by atoms with Crippen LogP contribution >= 0.6 is 11.3 Å². The summed E-state index contributed by atoms with van der Waals surface area (Å²) in [6, 6.07) is 1.37. The molecule has 0 saturated carbocycles. The fraction of sp³-hybridized carbons (Fsp3) is 0.143. The van der Waals surface area contributed by atoms with Crippen molar-refractivity contribution >= 4 is 21.6 Å². The molecule has 0 aliphatic heterocycles. The van der Waals surface area contributed by atoms with Crippen LogP contribution in [0.4, 0.5) is 13.2 Å². The summed E-state index contributed by atoms with van der Waals surface area (Å²) in [4.78, 5) is 14.2. The predicted octanol–water partition coefficient (Wildman–Crippen LogP) is 2.27. The van der Waals surface area contributed by atoms with Gasteiger partial charge < -0.3 is 4.42 Å². The first-order valence-electron chi connectivity index (χ1n) is 3.44. The summed E-state index contributed by atoms with van der Waals surface area (Å²) < 4.78 is 40.4. The summed E-state index contributed by atoms with van der Waals surface area (Å²) in [5, 5.41) is 1.55. The van der Waals surface area contributed by atoms with Crippen LogP contribution in [0.3, 0.4) is 0 Å². The highest BCUT2D eigenvalue weighted by Crippen LogP contribution is 2.28. The highest BCUT2D eigenvalue weighted by atomic mass is 32.1. The van der Waals surface area contributed by atoms with E-state index < -0.39 is 17.7 Å². The van der Waals surface area contributed by atoms with Gasteiger partial charge in [-0.3, -0.25) is 0 Å². The van der Waals surface area contributed by atoms with Gasteiger partial charge in [0.05, 0.1) is 5.39 Å². The van der Waals surface area contributed by atoms with E-state index in [-0.39, 0.29) is 10.2 Å². The summed E-state index contributed by atoms with van der Waals surface area (Å²) in [5.41, 5.74) is -1.01. The van der Waals surface area contributed by atoms with Crippen LogP contribution in [0.25, 0.3) is 10.2 Å². The largest absolute Gasteiger partial charge is 0.469 e. The monoisotopic (exact) mass is 221 g/mol. The fourth-order valence-corrected chi connectivity index (χ4v) is 1.67. The van der Waals surface area contributed by atoms with E-state index in [2.05, 4.69) is 9.40 Å². The Hall–Kier alpha value is -1.37. The minimum absolute atomic E-state index is 0.0357. The molecule has 2 aromatic rings. The van der Waals surface area contributed by atoms with Crippen molar-refractivity contribution in [1.29, 1.82) is 0 Å². The number of nitrogens with zero attached hydrogens (tertiary/aromatic N) is 1. The maximum absolute atomic E-state index is 12.1. The Labute approximate surface area is 78.8 Å². The first-order valence-corrected chi connectivity index (χ1v) is 4.32. The predicted molar refractivity (Wildman–Crippen MR) is 43.2 cm³/mol. The molecule has 0 N–H and O–H groups in total. The Morgan fingerprint density at radius 3 is 2.79 bits per heavy atom. The number of hydrogen-bond donors (Lipinski definition) is 0. The Morgan fingerprint density at radius 1 is 1.43 bits per heavy atom. The lowest BCUT2D eigenvalue weighted by Gasteiger charge is -2.01. The van der Waals surface area contributed by atoms with Gasteiger partial charge in [0.2, 0.25) is 0 Å². The molecule has 0 aromatic carbocycles. The molecule has 0 saturated heterocycles. The standard InChI is InChI=1S/C7H2F3NO2S/c8-7(9,10)6-11-4-3(1-2-14-4)5(12)13-6/h1-2H. The van der Waals surface area contributed by atoms with Crippen LogP contribution < -0.4 is 5.63 Å². The summed E-state index contributed by atoms with van der Waals surface area (Å²) >= 11 is 0.961. The Kier molecular flexibility index (Phi) is 1.84. The molecule has 0 fully saturated rings. The quantitative estimate of drug-likeness (QED) is 0.685. The topological polar surface area (TPSA) is 43.1 Å². The number of alkyl halides is 3. The van der Waals surface area contributed by atoms with E-state index in [1.165, 1.54) is 11.4 Å². The maximum atomic E-state index is 12.1. The molecule has 7 heteroatoms. The van der Waals surface area contributed by atoms with Crippen LogP contribution in [-0.4, -0.2) is 4.98 Å². The van der Waals surface area contributed by atoms with Gasteiger partial charge in [-0.15, -0.1) is 11.3 Å². The Bertz CT molecular complexity index is 527. The van der Waals surface area contributed by atoms with Gasteiger partial charge in [0.25, 0.3) is 0 Å². The van der Waals surface area contributed by atoms with Crippen LogP contribution in [0.15, 0.2) is 20.7 Å². The van der Waals surface area contributed by atoms with Crippen molar-refractivity contribution in [1.82, 2.24) is 4.98 Å². The van der Waals surface area contributed by atoms with Crippen LogP contribution in [0.2, 0.25) is 0 Å². The van der Waals surface area contributed by atoms with Gasteiger partial charge in [-0.1, -0.05) is 0 Å². The van der Waals surface area contributed by atoms with E-state index >= 15 is 0 Å². The number of thiophene rings is 1. The molecule has 0 unspecified atom stereocenters. The lowest BCUT2D eigenvalue weighted by molar-refractivity contribution is -0.158. The first-order chi connectivity index (χ1) is 6.48. The number of hydrogen-bond acceptors (Lipinski definition) is 4. The van der Waals surface area contributed by atoms with Crippen molar-refractivity contribution in [3.63, 3.8) is 0 Å². The molecule has 0 atom stereocenters. The average molecular weight is 221 g/mol. The van der Waals surface area contributed by atoms with Crippen LogP contribution in [0, 0.1) is 0 Å². The molecular weight excluding hydrogens is 219 g/mol. The fourth-order valence-electron chi connectivity index (χ4n) is 0.922. The third kappa shape index (κ3) is 1.39. The third-order valence-electron chi connectivity index (χ3n) is 1.50. The van der Waals surface area contributed by atoms with Gasteiger partial charge in [-0.2, -0.15) is 18.2 Å². The minimum atomic E-state index is -4.72. The van der Waals surface area contributed by atoms with Crippen molar-refractivity contribution < 1.29 is 17.6 Å². The van der Waals surface area contributed by atoms with Crippen LogP contribution in [0.5, 0.6) is 0 Å². The lowest BCUT2D eigenvalue weighted by atomic mass is 10.4. The molecule has 0 amide bonds. The van der Waals surface area contributed by atoms with Gasteiger partial charge in [-0.05, 0) is 11.4 Å². The number of fused-ring (bicyclic) bond motifs is 1. The van der Waals surface area contributed by atoms with E-state index in [1.807, 2.05) is 0 Å². The van der Waals surface area contributed by atoms with Crippen molar-refractivity contribution in [2.24, 2.45) is 0 Å². The lowest BCUT2D eigenvalue weighted by Crippen LogP contribution is -2.12. The number of rotatable bonds is 0. The Balaban J connectivity index is 2.77. The van der Waals surface area contributed by atoms with Gasteiger partial charge in [-0.25, -0.2) is 4.79 Å². The van der Waals surface area contributed by atoms with Crippen molar-refractivity contribution in [2.75, 3.05) is 0 Å². The van der Waals surface area contributed by atoms with Gasteiger partial charge in [0.15, 0.2) is 0 Å². The molecule has 3 nitrogen and oxygen atoms in total. The van der Waals surface area contributed by atoms with Crippen molar-refractivity contribution in [3.8, 4) is 0 Å². The third-order valence-corrected chi connectivity index (χ3v) is 2.31. The van der Waals surface area contributed by atoms with E-state index in [4.69, 9.17) is 0 Å². The smallest absolute Gasteiger partial charge is 0.398 e. The molecule has 74 valence electrons. The summed E-state index contributed by atoms with van der Waals surface area (Å²) in [6.45, 7) is 0. The maximum Gasteiger partial charge on any atom is 0.469 e. The highest BCUT2D eigenvalue weighted by Gasteiger charge is 2.37. The van der Waals surface area contributed by atoms with Gasteiger partial charge in [0.1, 0.15) is 4.83 Å². The zero-order chi connectivity index (χ0) is 10.3. The highest BCUT2D eigenvalue weighted by molar-refractivity contribution is 7.16. The second-order valence-electron chi connectivity index (χ2n) is 2.44. The molecule has 0 bridgehead atoms. The number of halogens is 3. The van der Waals surface area contributed by atoms with Crippen molar-refractivity contribution in [2.45, 2.75) is 6.18 Å². The van der Waals surface area contributed by atoms with E-state index in [0.29, 0.717) is 0 Å². The van der Waals surface area contributed by atoms with Crippen LogP contribution in [-0.2, 0) is 6.18 Å². The van der Waals surface area contributed by atoms with E-state index in [9.17, 15) is 18.0 Å². The minimum Gasteiger partial charge on any atom is -0.398 e. The molecule has 2 rings (SSSR count). The van der Waals surface area contributed by atoms with E-state index in [0.717, 1.165) is 11.3 Å². The molecule has 2 aromatic heterocycles. The van der Waals surface area contributed by atoms with Crippen molar-refractivity contribution in [3.05, 3.63) is 27.8 Å². The summed E-state index contributed by atoms with van der Waals surface area (Å²) in [6.07, 6.45) is -4.72. The average Bonchev–Trinajstić information content (AvgIpc) is 2.50. The van der Waals surface area contributed by atoms with E-state index in [1.54, 1.807) is 0 Å². The normalized spacial score (nSPS) is 12.2. The number of aromatic nitrogens is 1. The van der Waals surface area contributed by atoms with Crippen LogP contribution in [0.1, 0.15) is 5.89 Å². The molecule has 0 spiro atoms. The second-order valence-corrected chi connectivity index (χ2v) is 3.34. The zero-order valence-corrected chi connectivity index (χ0v) is 7.28. The molecule has 0 radical (unpaired) electrons. The molecular formula is C7H2F3NO2S. The molecule has 14 heavy (non-hydrogen) atoms. The molecule has 0 aliphatic carbocycles. The summed E-state index contributed by atoms with van der Waals surface area (Å²) in [7, 11) is 0. The zero-order valence-electron chi connectivity index (χ0n) is 6.46. The first kappa shape index (κ1) is 9.20. The Morgan fingerprint density at radius 2 is 2.14 bits per heavy atom. The SMILES string of the molecule is O=c1oc(C(F)(F)F)nc2sccc12. The molecule has 2 heterocycles. The molecule has 0 aliphatic rings.